The molecule has 2 rings (SSSR count). The van der Waals surface area contributed by atoms with Gasteiger partial charge in [-0.05, 0) is 52.4 Å². The Morgan fingerprint density at radius 1 is 1.10 bits per heavy atom. The van der Waals surface area contributed by atoms with Gasteiger partial charge in [0.1, 0.15) is 5.60 Å². The topological polar surface area (TPSA) is 53.0 Å². The highest BCUT2D eigenvalue weighted by Crippen LogP contribution is 2.28. The summed E-state index contributed by atoms with van der Waals surface area (Å²) in [6.07, 6.45) is 4.43. The highest BCUT2D eigenvalue weighted by molar-refractivity contribution is 5.68. The maximum absolute atomic E-state index is 12.0. The molecule has 0 bridgehead atoms. The molecule has 0 aromatic heterocycles. The second-order valence-corrected chi connectivity index (χ2v) is 7.36. The Morgan fingerprint density at radius 3 is 2.14 bits per heavy atom. The van der Waals surface area contributed by atoms with Crippen molar-refractivity contribution in [3.8, 4) is 0 Å². The molecule has 1 N–H and O–H groups in total. The van der Waals surface area contributed by atoms with Gasteiger partial charge < -0.3 is 14.7 Å². The quantitative estimate of drug-likeness (QED) is 0.848. The van der Waals surface area contributed by atoms with Crippen molar-refractivity contribution >= 4 is 6.09 Å². The lowest BCUT2D eigenvalue weighted by Gasteiger charge is -2.41. The predicted molar refractivity (Wildman–Crippen MR) is 82.2 cm³/mol. The van der Waals surface area contributed by atoms with E-state index < -0.39 is 5.60 Å². The van der Waals surface area contributed by atoms with Gasteiger partial charge in [-0.3, -0.25) is 4.90 Å². The van der Waals surface area contributed by atoms with E-state index in [2.05, 4.69) is 4.90 Å². The smallest absolute Gasteiger partial charge is 0.410 e. The van der Waals surface area contributed by atoms with Crippen molar-refractivity contribution in [3.05, 3.63) is 0 Å². The van der Waals surface area contributed by atoms with Crippen LogP contribution in [0.5, 0.6) is 0 Å². The zero-order chi connectivity index (χ0) is 15.5. The maximum atomic E-state index is 12.0. The number of rotatable bonds is 2. The van der Waals surface area contributed by atoms with Crippen molar-refractivity contribution in [1.29, 1.82) is 0 Å². The van der Waals surface area contributed by atoms with Gasteiger partial charge in [-0.2, -0.15) is 0 Å². The second-order valence-electron chi connectivity index (χ2n) is 7.36. The molecule has 0 unspecified atom stereocenters. The molecule has 1 heterocycles. The number of amides is 1. The highest BCUT2D eigenvalue weighted by Gasteiger charge is 2.30. The Bertz CT molecular complexity index is 338. The fourth-order valence-electron chi connectivity index (χ4n) is 3.29. The van der Waals surface area contributed by atoms with E-state index in [9.17, 15) is 9.90 Å². The number of aliphatic hydroxyl groups is 1. The number of carbonyl (C=O) groups excluding carboxylic acids is 1. The highest BCUT2D eigenvalue weighted by atomic mass is 16.6. The van der Waals surface area contributed by atoms with Crippen LogP contribution in [-0.4, -0.2) is 65.4 Å². The fourth-order valence-corrected chi connectivity index (χ4v) is 3.29. The van der Waals surface area contributed by atoms with E-state index in [1.54, 1.807) is 0 Å². The third-order valence-corrected chi connectivity index (χ3v) is 4.56. The van der Waals surface area contributed by atoms with Gasteiger partial charge >= 0.3 is 6.09 Å². The number of carbonyl (C=O) groups is 1. The Labute approximate surface area is 128 Å². The summed E-state index contributed by atoms with van der Waals surface area (Å²) >= 11 is 0. The van der Waals surface area contributed by atoms with Crippen LogP contribution in [0.25, 0.3) is 0 Å². The molecule has 5 nitrogen and oxygen atoms in total. The van der Waals surface area contributed by atoms with Crippen molar-refractivity contribution in [1.82, 2.24) is 9.80 Å². The SMILES string of the molecule is CC(C)(C)OC(=O)N1CCN(C2CCC(CO)CC2)CC1. The van der Waals surface area contributed by atoms with Crippen LogP contribution in [0.1, 0.15) is 46.5 Å². The molecule has 1 aliphatic carbocycles. The summed E-state index contributed by atoms with van der Waals surface area (Å²) in [4.78, 5) is 16.4. The third kappa shape index (κ3) is 4.85. The van der Waals surface area contributed by atoms with Crippen LogP contribution in [0.2, 0.25) is 0 Å². The van der Waals surface area contributed by atoms with Gasteiger partial charge in [0.05, 0.1) is 0 Å². The van der Waals surface area contributed by atoms with Crippen LogP contribution in [0.15, 0.2) is 0 Å². The van der Waals surface area contributed by atoms with E-state index in [1.807, 2.05) is 25.7 Å². The number of piperazine rings is 1. The van der Waals surface area contributed by atoms with Crippen LogP contribution in [-0.2, 0) is 4.74 Å². The van der Waals surface area contributed by atoms with Gasteiger partial charge in [0.2, 0.25) is 0 Å². The minimum atomic E-state index is -0.420. The van der Waals surface area contributed by atoms with Gasteiger partial charge in [-0.1, -0.05) is 0 Å². The van der Waals surface area contributed by atoms with E-state index in [-0.39, 0.29) is 6.09 Å². The predicted octanol–water partition coefficient (Wildman–Crippen LogP) is 2.09. The summed E-state index contributed by atoms with van der Waals surface area (Å²) in [7, 11) is 0. The largest absolute Gasteiger partial charge is 0.444 e. The molecule has 0 spiro atoms. The summed E-state index contributed by atoms with van der Waals surface area (Å²) in [5.74, 6) is 0.504. The molecule has 0 aromatic rings. The van der Waals surface area contributed by atoms with Gasteiger partial charge in [0.25, 0.3) is 0 Å². The minimum Gasteiger partial charge on any atom is -0.444 e. The van der Waals surface area contributed by atoms with Crippen LogP contribution in [0, 0.1) is 5.92 Å². The molecular weight excluding hydrogens is 268 g/mol. The van der Waals surface area contributed by atoms with Crippen LogP contribution in [0.3, 0.4) is 0 Å². The Balaban J connectivity index is 1.75. The zero-order valence-corrected chi connectivity index (χ0v) is 13.7. The average Bonchev–Trinajstić information content (AvgIpc) is 2.46. The van der Waals surface area contributed by atoms with Crippen molar-refractivity contribution in [2.45, 2.75) is 58.1 Å². The van der Waals surface area contributed by atoms with E-state index in [4.69, 9.17) is 4.74 Å². The molecular formula is C16H30N2O3. The molecule has 0 radical (unpaired) electrons. The molecule has 1 aliphatic heterocycles. The summed E-state index contributed by atoms with van der Waals surface area (Å²) in [5.41, 5.74) is -0.420. The Morgan fingerprint density at radius 2 is 1.67 bits per heavy atom. The molecule has 0 atom stereocenters. The average molecular weight is 298 g/mol. The van der Waals surface area contributed by atoms with E-state index in [0.29, 0.717) is 18.6 Å². The van der Waals surface area contributed by atoms with E-state index in [1.165, 1.54) is 12.8 Å². The lowest BCUT2D eigenvalue weighted by molar-refractivity contribution is 0.00632. The first kappa shape index (κ1) is 16.6. The van der Waals surface area contributed by atoms with E-state index >= 15 is 0 Å². The lowest BCUT2D eigenvalue weighted by atomic mass is 9.85. The second kappa shape index (κ2) is 6.97. The normalized spacial score (nSPS) is 28.5. The summed E-state index contributed by atoms with van der Waals surface area (Å²) < 4.78 is 5.43. The number of hydrogen-bond acceptors (Lipinski definition) is 4. The number of aliphatic hydroxyl groups excluding tert-OH is 1. The Kier molecular flexibility index (Phi) is 5.49. The van der Waals surface area contributed by atoms with Crippen molar-refractivity contribution < 1.29 is 14.6 Å². The van der Waals surface area contributed by atoms with E-state index in [0.717, 1.165) is 39.0 Å². The van der Waals surface area contributed by atoms with Gasteiger partial charge in [-0.15, -0.1) is 0 Å². The number of hydrogen-bond donors (Lipinski definition) is 1. The monoisotopic (exact) mass is 298 g/mol. The van der Waals surface area contributed by atoms with Crippen LogP contribution in [0.4, 0.5) is 4.79 Å². The van der Waals surface area contributed by atoms with Gasteiger partial charge in [-0.25, -0.2) is 4.79 Å². The van der Waals surface area contributed by atoms with Crippen LogP contribution < -0.4 is 0 Å². The van der Waals surface area contributed by atoms with Crippen molar-refractivity contribution in [2.24, 2.45) is 5.92 Å². The third-order valence-electron chi connectivity index (χ3n) is 4.56. The fraction of sp³-hybridized carbons (Fsp3) is 0.938. The first-order valence-corrected chi connectivity index (χ1v) is 8.22. The number of nitrogens with zero attached hydrogens (tertiary/aromatic N) is 2. The molecule has 1 saturated heterocycles. The first-order valence-electron chi connectivity index (χ1n) is 8.22. The molecule has 21 heavy (non-hydrogen) atoms. The molecule has 5 heteroatoms. The molecule has 1 amide bonds. The van der Waals surface area contributed by atoms with Gasteiger partial charge in [0.15, 0.2) is 0 Å². The molecule has 122 valence electrons. The first-order chi connectivity index (χ1) is 9.89. The van der Waals surface area contributed by atoms with Crippen LogP contribution >= 0.6 is 0 Å². The van der Waals surface area contributed by atoms with Gasteiger partial charge in [0, 0.05) is 38.8 Å². The maximum Gasteiger partial charge on any atom is 0.410 e. The number of ether oxygens (including phenoxy) is 1. The molecule has 1 saturated carbocycles. The molecule has 2 fully saturated rings. The lowest BCUT2D eigenvalue weighted by Crippen LogP contribution is -2.53. The molecule has 0 aromatic carbocycles. The summed E-state index contributed by atoms with van der Waals surface area (Å²) in [6.45, 7) is 9.44. The minimum absolute atomic E-state index is 0.189. The Hall–Kier alpha value is -0.810. The van der Waals surface area contributed by atoms with Crippen molar-refractivity contribution in [3.63, 3.8) is 0 Å². The zero-order valence-electron chi connectivity index (χ0n) is 13.7. The summed E-state index contributed by atoms with van der Waals surface area (Å²) in [5, 5.41) is 9.20. The van der Waals surface area contributed by atoms with Crippen molar-refractivity contribution in [2.75, 3.05) is 32.8 Å². The standard InChI is InChI=1S/C16H30N2O3/c1-16(2,3)21-15(20)18-10-8-17(9-11-18)14-6-4-13(12-19)5-7-14/h13-14,19H,4-12H2,1-3H3. The summed E-state index contributed by atoms with van der Waals surface area (Å²) in [6, 6.07) is 0.633. The molecule has 2 aliphatic rings.